The van der Waals surface area contributed by atoms with Crippen LogP contribution in [0.25, 0.3) is 0 Å². The molecule has 0 spiro atoms. The lowest BCUT2D eigenvalue weighted by atomic mass is 9.83. The van der Waals surface area contributed by atoms with E-state index in [0.717, 1.165) is 30.2 Å². The molecule has 0 aliphatic heterocycles. The molecular weight excluding hydrogens is 282 g/mol. The number of nitrogens with one attached hydrogen (secondary N) is 1. The van der Waals surface area contributed by atoms with Crippen LogP contribution in [0.15, 0.2) is 5.38 Å². The summed E-state index contributed by atoms with van der Waals surface area (Å²) in [6, 6.07) is 0.329. The molecule has 0 aromatic carbocycles. The molecule has 1 fully saturated rings. The Hall–Kier alpha value is -0.940. The zero-order valence-electron chi connectivity index (χ0n) is 12.9. The van der Waals surface area contributed by atoms with Crippen LogP contribution >= 0.6 is 11.3 Å². The van der Waals surface area contributed by atoms with Crippen molar-refractivity contribution < 1.29 is 4.79 Å². The summed E-state index contributed by atoms with van der Waals surface area (Å²) in [6.45, 7) is 2.83. The maximum atomic E-state index is 12.2. The van der Waals surface area contributed by atoms with Crippen LogP contribution in [-0.4, -0.2) is 23.5 Å². The molecule has 1 aromatic heterocycles. The summed E-state index contributed by atoms with van der Waals surface area (Å²) < 4.78 is 0. The number of thiazole rings is 1. The Morgan fingerprint density at radius 3 is 2.86 bits per heavy atom. The van der Waals surface area contributed by atoms with Crippen molar-refractivity contribution in [2.45, 2.75) is 64.3 Å². The molecule has 0 radical (unpaired) electrons. The molecule has 1 aliphatic carbocycles. The zero-order valence-corrected chi connectivity index (χ0v) is 13.8. The molecule has 1 saturated carbocycles. The topological polar surface area (TPSA) is 68.0 Å². The van der Waals surface area contributed by atoms with Crippen LogP contribution in [0.4, 0.5) is 0 Å². The average Bonchev–Trinajstić information content (AvgIpc) is 2.96. The van der Waals surface area contributed by atoms with Gasteiger partial charge in [0.1, 0.15) is 5.69 Å². The van der Waals surface area contributed by atoms with Crippen molar-refractivity contribution >= 4 is 17.2 Å². The second-order valence-corrected chi connectivity index (χ2v) is 6.94. The lowest BCUT2D eigenvalue weighted by Crippen LogP contribution is -2.37. The van der Waals surface area contributed by atoms with Gasteiger partial charge in [-0.3, -0.25) is 4.79 Å². The molecule has 0 saturated heterocycles. The van der Waals surface area contributed by atoms with Gasteiger partial charge < -0.3 is 11.1 Å². The van der Waals surface area contributed by atoms with Crippen molar-refractivity contribution in [1.82, 2.24) is 10.3 Å². The highest BCUT2D eigenvalue weighted by Crippen LogP contribution is 2.28. The molecule has 4 nitrogen and oxygen atoms in total. The number of hydrogen-bond donors (Lipinski definition) is 2. The maximum Gasteiger partial charge on any atom is 0.270 e. The highest BCUT2D eigenvalue weighted by Gasteiger charge is 2.23. The molecular formula is C16H27N3OS. The molecule has 21 heavy (non-hydrogen) atoms. The monoisotopic (exact) mass is 309 g/mol. The summed E-state index contributed by atoms with van der Waals surface area (Å²) in [5, 5.41) is 5.93. The first kappa shape index (κ1) is 16.4. The summed E-state index contributed by atoms with van der Waals surface area (Å²) in [6.07, 6.45) is 9.45. The number of nitrogens with two attached hydrogens (primary N) is 1. The molecule has 3 N–H and O–H groups in total. The number of aromatic nitrogens is 1. The predicted molar refractivity (Wildman–Crippen MR) is 87.6 cm³/mol. The van der Waals surface area contributed by atoms with Gasteiger partial charge in [0.05, 0.1) is 5.01 Å². The third-order valence-electron chi connectivity index (χ3n) is 4.29. The molecule has 0 unspecified atom stereocenters. The van der Waals surface area contributed by atoms with Crippen LogP contribution in [-0.2, 0) is 6.42 Å². The van der Waals surface area contributed by atoms with Gasteiger partial charge in [-0.2, -0.15) is 0 Å². The van der Waals surface area contributed by atoms with Crippen LogP contribution in [0.1, 0.15) is 67.4 Å². The van der Waals surface area contributed by atoms with E-state index in [-0.39, 0.29) is 5.91 Å². The van der Waals surface area contributed by atoms with Gasteiger partial charge in [0.25, 0.3) is 5.91 Å². The Bertz CT molecular complexity index is 438. The molecule has 0 atom stereocenters. The normalized spacial score (nSPS) is 22.2. The first-order valence-corrected chi connectivity index (χ1v) is 9.06. The minimum atomic E-state index is -0.0217. The van der Waals surface area contributed by atoms with Crippen LogP contribution in [0, 0.1) is 5.92 Å². The lowest BCUT2D eigenvalue weighted by molar-refractivity contribution is 0.0916. The van der Waals surface area contributed by atoms with Crippen molar-refractivity contribution in [3.63, 3.8) is 0 Å². The van der Waals surface area contributed by atoms with Gasteiger partial charge in [-0.05, 0) is 38.1 Å². The van der Waals surface area contributed by atoms with Gasteiger partial charge in [0.15, 0.2) is 0 Å². The van der Waals surface area contributed by atoms with E-state index >= 15 is 0 Å². The van der Waals surface area contributed by atoms with Crippen molar-refractivity contribution in [2.24, 2.45) is 11.7 Å². The van der Waals surface area contributed by atoms with E-state index in [1.165, 1.54) is 43.4 Å². The number of carbonyl (C=O) groups excluding carboxylic acids is 1. The van der Waals surface area contributed by atoms with Gasteiger partial charge in [-0.25, -0.2) is 4.98 Å². The van der Waals surface area contributed by atoms with E-state index in [9.17, 15) is 4.79 Å². The largest absolute Gasteiger partial charge is 0.348 e. The van der Waals surface area contributed by atoms with E-state index < -0.39 is 0 Å². The number of nitrogens with zero attached hydrogens (tertiary/aromatic N) is 1. The quantitative estimate of drug-likeness (QED) is 0.813. The molecule has 1 heterocycles. The first-order chi connectivity index (χ1) is 10.2. The lowest BCUT2D eigenvalue weighted by Gasteiger charge is -2.28. The fourth-order valence-corrected chi connectivity index (χ4v) is 3.80. The van der Waals surface area contributed by atoms with Gasteiger partial charge in [-0.1, -0.05) is 26.2 Å². The highest BCUT2D eigenvalue weighted by molar-refractivity contribution is 7.09. The molecule has 1 aliphatic rings. The van der Waals surface area contributed by atoms with Gasteiger partial charge in [0, 0.05) is 17.8 Å². The van der Waals surface area contributed by atoms with E-state index in [0.29, 0.717) is 18.3 Å². The molecule has 2 rings (SSSR count). The molecule has 1 amide bonds. The molecule has 118 valence electrons. The minimum Gasteiger partial charge on any atom is -0.348 e. The predicted octanol–water partition coefficient (Wildman–Crippen LogP) is 3.12. The van der Waals surface area contributed by atoms with Crippen molar-refractivity contribution in [3.8, 4) is 0 Å². The smallest absolute Gasteiger partial charge is 0.270 e. The van der Waals surface area contributed by atoms with Crippen LogP contribution in [0.3, 0.4) is 0 Å². The summed E-state index contributed by atoms with van der Waals surface area (Å²) in [5.41, 5.74) is 6.06. The van der Waals surface area contributed by atoms with E-state index in [2.05, 4.69) is 17.2 Å². The Balaban J connectivity index is 1.75. The number of amides is 1. The number of hydrogen-bond acceptors (Lipinski definition) is 4. The average molecular weight is 309 g/mol. The maximum absolute atomic E-state index is 12.2. The fraction of sp³-hybridized carbons (Fsp3) is 0.750. The molecule has 0 bridgehead atoms. The van der Waals surface area contributed by atoms with Crippen molar-refractivity contribution in [3.05, 3.63) is 16.1 Å². The van der Waals surface area contributed by atoms with Crippen LogP contribution in [0.5, 0.6) is 0 Å². The van der Waals surface area contributed by atoms with Crippen LogP contribution < -0.4 is 11.1 Å². The van der Waals surface area contributed by atoms with E-state index in [1.54, 1.807) is 0 Å². The number of unbranched alkanes of at least 4 members (excludes halogenated alkanes) is 1. The van der Waals surface area contributed by atoms with Gasteiger partial charge in [0.2, 0.25) is 0 Å². The zero-order chi connectivity index (χ0) is 15.1. The second-order valence-electron chi connectivity index (χ2n) is 6.00. The number of carbonyl (C=O) groups is 1. The summed E-state index contributed by atoms with van der Waals surface area (Å²) >= 11 is 1.52. The Labute approximate surface area is 131 Å². The second kappa shape index (κ2) is 8.49. The molecule has 1 aromatic rings. The molecule has 5 heteroatoms. The van der Waals surface area contributed by atoms with Crippen molar-refractivity contribution in [2.75, 3.05) is 6.54 Å². The van der Waals surface area contributed by atoms with Gasteiger partial charge in [-0.15, -0.1) is 11.3 Å². The Morgan fingerprint density at radius 2 is 2.19 bits per heavy atom. The Morgan fingerprint density at radius 1 is 1.43 bits per heavy atom. The standard InChI is InChI=1S/C16H27N3OS/c1-2-3-4-12-5-7-13(8-6-12)18-16(20)14-11-21-15(19-14)9-10-17/h11-13H,2-10,17H2,1H3,(H,18,20). The van der Waals surface area contributed by atoms with Gasteiger partial charge >= 0.3 is 0 Å². The van der Waals surface area contributed by atoms with E-state index in [4.69, 9.17) is 5.73 Å². The summed E-state index contributed by atoms with van der Waals surface area (Å²) in [7, 11) is 0. The van der Waals surface area contributed by atoms with E-state index in [1.807, 2.05) is 5.38 Å². The third kappa shape index (κ3) is 5.08. The SMILES string of the molecule is CCCCC1CCC(NC(=O)c2csc(CCN)n2)CC1. The van der Waals surface area contributed by atoms with Crippen LogP contribution in [0.2, 0.25) is 0 Å². The summed E-state index contributed by atoms with van der Waals surface area (Å²) in [4.78, 5) is 16.5. The summed E-state index contributed by atoms with van der Waals surface area (Å²) in [5.74, 6) is 0.847. The van der Waals surface area contributed by atoms with Crippen molar-refractivity contribution in [1.29, 1.82) is 0 Å². The third-order valence-corrected chi connectivity index (χ3v) is 5.20. The number of rotatable bonds is 7. The Kier molecular flexibility index (Phi) is 6.64. The minimum absolute atomic E-state index is 0.0217. The first-order valence-electron chi connectivity index (χ1n) is 8.18. The highest BCUT2D eigenvalue weighted by atomic mass is 32.1. The fourth-order valence-electron chi connectivity index (χ4n) is 3.00.